The van der Waals surface area contributed by atoms with E-state index in [4.69, 9.17) is 31.3 Å². The van der Waals surface area contributed by atoms with E-state index >= 15 is 0 Å². The Hall–Kier alpha value is -1.89. The van der Waals surface area contributed by atoms with Gasteiger partial charge in [-0.2, -0.15) is 13.2 Å². The maximum absolute atomic E-state index is 12.7. The van der Waals surface area contributed by atoms with Crippen molar-refractivity contribution >= 4 is 25.3 Å². The molecule has 5 nitrogen and oxygen atoms in total. The van der Waals surface area contributed by atoms with E-state index in [2.05, 4.69) is 0 Å². The molecule has 2 aromatic carbocycles. The third-order valence-corrected chi connectivity index (χ3v) is 4.08. The van der Waals surface area contributed by atoms with E-state index in [0.29, 0.717) is 17.0 Å². The number of rotatable bonds is 6. The molecule has 1 unspecified atom stereocenters. The second kappa shape index (κ2) is 8.20. The first-order valence-corrected chi connectivity index (χ1v) is 9.48. The highest BCUT2D eigenvalue weighted by Crippen LogP contribution is 2.39. The van der Waals surface area contributed by atoms with Gasteiger partial charge in [0.2, 0.25) is 0 Å². The van der Waals surface area contributed by atoms with Gasteiger partial charge >= 0.3 is 6.18 Å². The van der Waals surface area contributed by atoms with E-state index in [1.54, 1.807) is 13.0 Å². The van der Waals surface area contributed by atoms with Crippen LogP contribution in [0.25, 0.3) is 0 Å². The van der Waals surface area contributed by atoms with Gasteiger partial charge in [-0.05, 0) is 36.8 Å². The maximum Gasteiger partial charge on any atom is 0.416 e. The van der Waals surface area contributed by atoms with E-state index in [9.17, 15) is 17.7 Å². The minimum Gasteiger partial charge on any atom is -0.465 e. The second-order valence-electron chi connectivity index (χ2n) is 5.30. The summed E-state index contributed by atoms with van der Waals surface area (Å²) in [6.07, 6.45) is -4.50. The molecule has 0 aromatic heterocycles. The van der Waals surface area contributed by atoms with Crippen LogP contribution in [-0.4, -0.2) is 13.5 Å². The summed E-state index contributed by atoms with van der Waals surface area (Å²) in [5.74, 6) is 0.560. The number of benzene rings is 2. The third-order valence-electron chi connectivity index (χ3n) is 3.26. The summed E-state index contributed by atoms with van der Waals surface area (Å²) in [6, 6.07) is 5.81. The highest BCUT2D eigenvalue weighted by molar-refractivity contribution is 7.38. The van der Waals surface area contributed by atoms with Gasteiger partial charge in [-0.1, -0.05) is 11.6 Å². The van der Waals surface area contributed by atoms with Gasteiger partial charge in [0.15, 0.2) is 14.8 Å². The molecule has 10 heteroatoms. The largest absolute Gasteiger partial charge is 0.465 e. The first kappa shape index (κ1) is 20.4. The quantitative estimate of drug-likeness (QED) is 0.387. The Morgan fingerprint density at radius 2 is 1.85 bits per heavy atom. The Labute approximate surface area is 153 Å². The van der Waals surface area contributed by atoms with Crippen LogP contribution in [0.4, 0.5) is 18.9 Å². The van der Waals surface area contributed by atoms with Crippen LogP contribution in [0.15, 0.2) is 30.3 Å². The highest BCUT2D eigenvalue weighted by atomic mass is 35.5. The summed E-state index contributed by atoms with van der Waals surface area (Å²) < 4.78 is 64.8. The zero-order valence-electron chi connectivity index (χ0n) is 13.8. The number of aryl methyl sites for hydroxylation is 1. The van der Waals surface area contributed by atoms with Gasteiger partial charge in [0.25, 0.3) is 0 Å². The topological polar surface area (TPSA) is 70.8 Å². The fraction of sp³-hybridized carbons (Fsp3) is 0.250. The molecule has 142 valence electrons. The van der Waals surface area contributed by atoms with Gasteiger partial charge in [0.05, 0.1) is 16.3 Å². The first-order valence-electron chi connectivity index (χ1n) is 7.29. The highest BCUT2D eigenvalue weighted by Gasteiger charge is 2.31. The minimum absolute atomic E-state index is 0.0494. The van der Waals surface area contributed by atoms with Gasteiger partial charge < -0.3 is 15.2 Å². The zero-order chi connectivity index (χ0) is 19.5. The molecule has 1 atom stereocenters. The van der Waals surface area contributed by atoms with Gasteiger partial charge in [-0.15, -0.1) is 0 Å². The molecule has 0 radical (unpaired) electrons. The van der Waals surface area contributed by atoms with Crippen LogP contribution in [0.5, 0.6) is 17.2 Å². The lowest BCUT2D eigenvalue weighted by atomic mass is 10.1. The van der Waals surface area contributed by atoms with Gasteiger partial charge in [-0.3, -0.25) is 9.09 Å². The van der Waals surface area contributed by atoms with Crippen molar-refractivity contribution in [1.82, 2.24) is 0 Å². The second-order valence-corrected chi connectivity index (χ2v) is 6.98. The summed E-state index contributed by atoms with van der Waals surface area (Å²) in [5, 5.41) is -0.188. The van der Waals surface area contributed by atoms with E-state index in [1.165, 1.54) is 12.7 Å². The number of ether oxygens (including phenoxy) is 2. The number of anilines is 1. The predicted octanol–water partition coefficient (Wildman–Crippen LogP) is 5.50. The van der Waals surface area contributed by atoms with Gasteiger partial charge in [0.1, 0.15) is 17.2 Å². The number of nitrogens with two attached hydrogens (primary N) is 1. The smallest absolute Gasteiger partial charge is 0.416 e. The number of alkyl halides is 3. The molecule has 0 amide bonds. The molecule has 2 N–H and O–H groups in total. The number of halogens is 4. The summed E-state index contributed by atoms with van der Waals surface area (Å²) in [7, 11) is -2.16. The maximum atomic E-state index is 12.7. The standard InChI is InChI=1S/C16H16ClF3NO4P/c1-9-5-12(21)15(23-8-24-26(2)22)7-14(9)25-13-4-3-10(6-11(13)17)16(18,19)20/h3-7,26H,8,21H2,1-2H3. The summed E-state index contributed by atoms with van der Waals surface area (Å²) in [5.41, 5.74) is 5.89. The Morgan fingerprint density at radius 1 is 1.15 bits per heavy atom. The molecule has 2 rings (SSSR count). The normalized spacial score (nSPS) is 12.7. The molecule has 0 fully saturated rings. The van der Waals surface area contributed by atoms with E-state index in [0.717, 1.165) is 18.2 Å². The van der Waals surface area contributed by atoms with E-state index in [-0.39, 0.29) is 23.3 Å². The van der Waals surface area contributed by atoms with Crippen LogP contribution in [-0.2, 0) is 15.3 Å². The number of hydrogen-bond donors (Lipinski definition) is 1. The van der Waals surface area contributed by atoms with Crippen molar-refractivity contribution in [3.05, 3.63) is 46.5 Å². The third kappa shape index (κ3) is 5.30. The fourth-order valence-corrected chi connectivity index (χ4v) is 2.43. The minimum atomic E-state index is -4.50. The average Bonchev–Trinajstić information content (AvgIpc) is 2.51. The van der Waals surface area contributed by atoms with E-state index in [1.807, 2.05) is 0 Å². The van der Waals surface area contributed by atoms with Gasteiger partial charge in [-0.25, -0.2) is 0 Å². The van der Waals surface area contributed by atoms with Crippen molar-refractivity contribution in [3.63, 3.8) is 0 Å². The number of hydrogen-bond acceptors (Lipinski definition) is 5. The van der Waals surface area contributed by atoms with Crippen LogP contribution in [0.1, 0.15) is 11.1 Å². The molecule has 0 aliphatic heterocycles. The monoisotopic (exact) mass is 409 g/mol. The van der Waals surface area contributed by atoms with Crippen molar-refractivity contribution in [2.75, 3.05) is 19.2 Å². The fourth-order valence-electron chi connectivity index (χ4n) is 1.98. The molecule has 2 aromatic rings. The molecule has 0 heterocycles. The lowest BCUT2D eigenvalue weighted by Gasteiger charge is -2.15. The van der Waals surface area contributed by atoms with E-state index < -0.39 is 19.8 Å². The molecule has 0 bridgehead atoms. The molecule has 26 heavy (non-hydrogen) atoms. The predicted molar refractivity (Wildman–Crippen MR) is 93.6 cm³/mol. The van der Waals surface area contributed by atoms with Crippen LogP contribution in [0.3, 0.4) is 0 Å². The lowest BCUT2D eigenvalue weighted by molar-refractivity contribution is -0.137. The van der Waals surface area contributed by atoms with Crippen molar-refractivity contribution in [3.8, 4) is 17.2 Å². The molecule has 0 aliphatic rings. The van der Waals surface area contributed by atoms with Crippen molar-refractivity contribution in [2.24, 2.45) is 0 Å². The average molecular weight is 410 g/mol. The first-order chi connectivity index (χ1) is 12.1. The molecular weight excluding hydrogens is 394 g/mol. The van der Waals surface area contributed by atoms with Crippen LogP contribution < -0.4 is 15.2 Å². The van der Waals surface area contributed by atoms with Crippen molar-refractivity contribution in [1.29, 1.82) is 0 Å². The van der Waals surface area contributed by atoms with Crippen LogP contribution in [0, 0.1) is 6.92 Å². The Balaban J connectivity index is 2.25. The number of nitrogen functional groups attached to an aromatic ring is 1. The lowest BCUT2D eigenvalue weighted by Crippen LogP contribution is -2.05. The van der Waals surface area contributed by atoms with Crippen LogP contribution in [0.2, 0.25) is 5.02 Å². The van der Waals surface area contributed by atoms with Crippen molar-refractivity contribution < 1.29 is 31.7 Å². The summed E-state index contributed by atoms with van der Waals surface area (Å²) in [6.45, 7) is 2.85. The SMILES string of the molecule is Cc1cc(N)c(OCO[PH](C)=O)cc1Oc1ccc(C(F)(F)F)cc1Cl. The molecule has 0 saturated carbocycles. The molecule has 0 aliphatic carbocycles. The summed E-state index contributed by atoms with van der Waals surface area (Å²) >= 11 is 5.89. The van der Waals surface area contributed by atoms with Gasteiger partial charge in [0, 0.05) is 12.7 Å². The Kier molecular flexibility index (Phi) is 6.44. The Morgan fingerprint density at radius 3 is 2.42 bits per heavy atom. The zero-order valence-corrected chi connectivity index (χ0v) is 15.6. The molecule has 0 spiro atoms. The molecule has 0 saturated heterocycles. The summed E-state index contributed by atoms with van der Waals surface area (Å²) in [4.78, 5) is 0. The molecular formula is C16H16ClF3NO4P. The van der Waals surface area contributed by atoms with Crippen molar-refractivity contribution in [2.45, 2.75) is 13.1 Å². The Bertz CT molecular complexity index is 830. The van der Waals surface area contributed by atoms with Crippen LogP contribution >= 0.6 is 19.6 Å².